The van der Waals surface area contributed by atoms with Gasteiger partial charge in [-0.1, -0.05) is 0 Å². The summed E-state index contributed by atoms with van der Waals surface area (Å²) in [6, 6.07) is 0.383. The molecule has 0 bridgehead atoms. The predicted octanol–water partition coefficient (Wildman–Crippen LogP) is -0.139. The number of rotatable bonds is 2. The monoisotopic (exact) mass is 166 g/mol. The maximum absolute atomic E-state index is 5.66. The Bertz CT molecular complexity index is 262. The topological polar surface area (TPSA) is 57.9 Å². The van der Waals surface area contributed by atoms with Gasteiger partial charge in [-0.2, -0.15) is 0 Å². The Hall–Kier alpha value is -0.870. The molecule has 4 heteroatoms. The first-order valence-corrected chi connectivity index (χ1v) is 4.22. The molecular weight excluding hydrogens is 152 g/mol. The van der Waals surface area contributed by atoms with Crippen molar-refractivity contribution < 1.29 is 0 Å². The van der Waals surface area contributed by atoms with Crippen molar-refractivity contribution in [3.05, 3.63) is 17.7 Å². The zero-order valence-electron chi connectivity index (χ0n) is 7.25. The first-order valence-electron chi connectivity index (χ1n) is 4.22. The quantitative estimate of drug-likeness (QED) is 0.643. The molecular formula is C8H14N4. The van der Waals surface area contributed by atoms with Crippen LogP contribution in [-0.4, -0.2) is 34.0 Å². The zero-order chi connectivity index (χ0) is 8.55. The standard InChI is InChI=1S/C8H14N4/c1-6-10-2-8(11-6)5-12-3-7(9)4-12/h2,7H,3-5,9H2,1H3,(H,10,11). The van der Waals surface area contributed by atoms with Crippen molar-refractivity contribution in [2.75, 3.05) is 13.1 Å². The number of imidazole rings is 1. The van der Waals surface area contributed by atoms with Gasteiger partial charge in [0.15, 0.2) is 0 Å². The molecule has 1 fully saturated rings. The van der Waals surface area contributed by atoms with Gasteiger partial charge in [-0.05, 0) is 6.92 Å². The van der Waals surface area contributed by atoms with Gasteiger partial charge < -0.3 is 10.7 Å². The summed E-state index contributed by atoms with van der Waals surface area (Å²) in [5, 5.41) is 0. The van der Waals surface area contributed by atoms with Crippen molar-refractivity contribution in [3.8, 4) is 0 Å². The SMILES string of the molecule is Cc1ncc(CN2CC(N)C2)[nH]1. The minimum Gasteiger partial charge on any atom is -0.345 e. The molecule has 0 unspecified atom stereocenters. The van der Waals surface area contributed by atoms with Crippen LogP contribution < -0.4 is 5.73 Å². The molecule has 1 aliphatic rings. The molecule has 12 heavy (non-hydrogen) atoms. The highest BCUT2D eigenvalue weighted by Crippen LogP contribution is 2.09. The van der Waals surface area contributed by atoms with E-state index in [1.54, 1.807) is 0 Å². The average molecular weight is 166 g/mol. The number of aryl methyl sites for hydroxylation is 1. The van der Waals surface area contributed by atoms with E-state index in [2.05, 4.69) is 14.9 Å². The number of aromatic nitrogens is 2. The molecule has 0 atom stereocenters. The third kappa shape index (κ3) is 1.49. The molecule has 0 saturated carbocycles. The Morgan fingerprint density at radius 3 is 3.00 bits per heavy atom. The molecule has 0 radical (unpaired) electrons. The summed E-state index contributed by atoms with van der Waals surface area (Å²) in [5.74, 6) is 0.981. The van der Waals surface area contributed by atoms with E-state index in [0.29, 0.717) is 6.04 Å². The molecule has 2 rings (SSSR count). The first kappa shape index (κ1) is 7.76. The summed E-state index contributed by atoms with van der Waals surface area (Å²) >= 11 is 0. The number of hydrogen-bond acceptors (Lipinski definition) is 3. The average Bonchev–Trinajstić information content (AvgIpc) is 2.33. The second-order valence-corrected chi connectivity index (χ2v) is 3.45. The van der Waals surface area contributed by atoms with Crippen molar-refractivity contribution >= 4 is 0 Å². The smallest absolute Gasteiger partial charge is 0.103 e. The molecule has 0 spiro atoms. The number of aromatic amines is 1. The lowest BCUT2D eigenvalue weighted by atomic mass is 10.1. The Labute approximate surface area is 71.8 Å². The number of hydrogen-bond donors (Lipinski definition) is 2. The largest absolute Gasteiger partial charge is 0.345 e. The number of nitrogens with one attached hydrogen (secondary N) is 1. The van der Waals surface area contributed by atoms with E-state index in [9.17, 15) is 0 Å². The molecule has 3 N–H and O–H groups in total. The lowest BCUT2D eigenvalue weighted by Crippen LogP contribution is -2.54. The highest BCUT2D eigenvalue weighted by molar-refractivity contribution is 5.01. The van der Waals surface area contributed by atoms with Gasteiger partial charge in [0.05, 0.1) is 0 Å². The van der Waals surface area contributed by atoms with Gasteiger partial charge in [0.1, 0.15) is 5.82 Å². The zero-order valence-corrected chi connectivity index (χ0v) is 7.25. The maximum atomic E-state index is 5.66. The summed E-state index contributed by atoms with van der Waals surface area (Å²) in [6.45, 7) is 4.94. The molecule has 0 aliphatic carbocycles. The van der Waals surface area contributed by atoms with E-state index in [4.69, 9.17) is 5.73 Å². The summed E-state index contributed by atoms with van der Waals surface area (Å²) in [5.41, 5.74) is 6.84. The third-order valence-electron chi connectivity index (χ3n) is 2.13. The van der Waals surface area contributed by atoms with E-state index in [1.807, 2.05) is 13.1 Å². The second-order valence-electron chi connectivity index (χ2n) is 3.45. The molecule has 1 saturated heterocycles. The van der Waals surface area contributed by atoms with Gasteiger partial charge in [0.2, 0.25) is 0 Å². The summed E-state index contributed by atoms with van der Waals surface area (Å²) < 4.78 is 0. The van der Waals surface area contributed by atoms with Crippen molar-refractivity contribution in [3.63, 3.8) is 0 Å². The van der Waals surface area contributed by atoms with Crippen molar-refractivity contribution in [2.24, 2.45) is 5.73 Å². The first-order chi connectivity index (χ1) is 5.74. The number of nitrogens with zero attached hydrogens (tertiary/aromatic N) is 2. The molecule has 0 amide bonds. The van der Waals surface area contributed by atoms with Crippen LogP contribution in [0.25, 0.3) is 0 Å². The third-order valence-corrected chi connectivity index (χ3v) is 2.13. The Balaban J connectivity index is 1.88. The summed E-state index contributed by atoms with van der Waals surface area (Å²) in [4.78, 5) is 9.63. The molecule has 2 heterocycles. The van der Waals surface area contributed by atoms with Crippen LogP contribution in [0.3, 0.4) is 0 Å². The lowest BCUT2D eigenvalue weighted by Gasteiger charge is -2.36. The highest BCUT2D eigenvalue weighted by Gasteiger charge is 2.22. The fourth-order valence-electron chi connectivity index (χ4n) is 1.53. The Morgan fingerprint density at radius 1 is 1.75 bits per heavy atom. The Morgan fingerprint density at radius 2 is 2.50 bits per heavy atom. The van der Waals surface area contributed by atoms with E-state index in [-0.39, 0.29) is 0 Å². The molecule has 1 aromatic heterocycles. The second kappa shape index (κ2) is 2.88. The van der Waals surface area contributed by atoms with Gasteiger partial charge in [0.25, 0.3) is 0 Å². The van der Waals surface area contributed by atoms with Gasteiger partial charge in [-0.15, -0.1) is 0 Å². The van der Waals surface area contributed by atoms with Crippen LogP contribution in [0.1, 0.15) is 11.5 Å². The van der Waals surface area contributed by atoms with Crippen LogP contribution in [0.5, 0.6) is 0 Å². The van der Waals surface area contributed by atoms with Gasteiger partial charge in [0, 0.05) is 37.6 Å². The molecule has 1 aromatic rings. The minimum absolute atomic E-state index is 0.383. The fraction of sp³-hybridized carbons (Fsp3) is 0.625. The molecule has 66 valence electrons. The van der Waals surface area contributed by atoms with Crippen LogP contribution in [0.4, 0.5) is 0 Å². The van der Waals surface area contributed by atoms with Gasteiger partial charge in [-0.3, -0.25) is 4.90 Å². The summed E-state index contributed by atoms with van der Waals surface area (Å²) in [7, 11) is 0. The van der Waals surface area contributed by atoms with Crippen molar-refractivity contribution in [1.82, 2.24) is 14.9 Å². The van der Waals surface area contributed by atoms with Crippen LogP contribution in [0.2, 0.25) is 0 Å². The van der Waals surface area contributed by atoms with Crippen molar-refractivity contribution in [1.29, 1.82) is 0 Å². The van der Waals surface area contributed by atoms with Crippen LogP contribution in [-0.2, 0) is 6.54 Å². The molecule has 0 aromatic carbocycles. The molecule has 4 nitrogen and oxygen atoms in total. The van der Waals surface area contributed by atoms with Crippen molar-refractivity contribution in [2.45, 2.75) is 19.5 Å². The summed E-state index contributed by atoms with van der Waals surface area (Å²) in [6.07, 6.45) is 1.89. The lowest BCUT2D eigenvalue weighted by molar-refractivity contribution is 0.141. The predicted molar refractivity (Wildman–Crippen MR) is 46.6 cm³/mol. The normalized spacial score (nSPS) is 19.5. The van der Waals surface area contributed by atoms with E-state index in [0.717, 1.165) is 25.5 Å². The van der Waals surface area contributed by atoms with Gasteiger partial charge in [-0.25, -0.2) is 4.98 Å². The molecule has 1 aliphatic heterocycles. The van der Waals surface area contributed by atoms with Crippen LogP contribution in [0, 0.1) is 6.92 Å². The van der Waals surface area contributed by atoms with E-state index < -0.39 is 0 Å². The number of H-pyrrole nitrogens is 1. The highest BCUT2D eigenvalue weighted by atomic mass is 15.2. The van der Waals surface area contributed by atoms with E-state index >= 15 is 0 Å². The van der Waals surface area contributed by atoms with Gasteiger partial charge >= 0.3 is 0 Å². The van der Waals surface area contributed by atoms with E-state index in [1.165, 1.54) is 5.69 Å². The minimum atomic E-state index is 0.383. The maximum Gasteiger partial charge on any atom is 0.103 e. The number of likely N-dealkylation sites (tertiary alicyclic amines) is 1. The Kier molecular flexibility index (Phi) is 1.86. The fourth-order valence-corrected chi connectivity index (χ4v) is 1.53. The van der Waals surface area contributed by atoms with Crippen LogP contribution in [0.15, 0.2) is 6.20 Å². The number of nitrogens with two attached hydrogens (primary N) is 1. The van der Waals surface area contributed by atoms with Crippen LogP contribution >= 0.6 is 0 Å².